The van der Waals surface area contributed by atoms with Crippen LogP contribution in [0, 0.1) is 0 Å². The zero-order valence-electron chi connectivity index (χ0n) is 19.6. The topological polar surface area (TPSA) is 56.7 Å². The van der Waals surface area contributed by atoms with Crippen molar-refractivity contribution in [1.82, 2.24) is 9.88 Å². The molecular weight excluding hydrogens is 410 g/mol. The van der Waals surface area contributed by atoms with E-state index in [2.05, 4.69) is 69.4 Å². The molecule has 0 aliphatic carbocycles. The quantitative estimate of drug-likeness (QED) is 0.530. The number of aromatic nitrogens is 1. The molecule has 0 spiro atoms. The van der Waals surface area contributed by atoms with E-state index in [0.29, 0.717) is 11.4 Å². The Bertz CT molecular complexity index is 1060. The van der Waals surface area contributed by atoms with Gasteiger partial charge < -0.3 is 10.0 Å². The molecule has 4 rings (SSSR count). The highest BCUT2D eigenvalue weighted by Gasteiger charge is 2.25. The fourth-order valence-electron chi connectivity index (χ4n) is 4.53. The molecule has 5 heteroatoms. The van der Waals surface area contributed by atoms with Crippen LogP contribution in [0.1, 0.15) is 52.4 Å². The third-order valence-electron chi connectivity index (χ3n) is 6.45. The van der Waals surface area contributed by atoms with Crippen LogP contribution in [0.5, 0.6) is 0 Å². The second kappa shape index (κ2) is 10.6. The summed E-state index contributed by atoms with van der Waals surface area (Å²) in [6.45, 7) is 8.31. The fourth-order valence-corrected chi connectivity index (χ4v) is 4.53. The second-order valence-corrected chi connectivity index (χ2v) is 9.12. The highest BCUT2D eigenvalue weighted by Crippen LogP contribution is 2.28. The average molecular weight is 444 g/mol. The molecule has 2 heterocycles. The Morgan fingerprint density at radius 3 is 2.09 bits per heavy atom. The molecule has 5 nitrogen and oxygen atoms in total. The molecule has 0 atom stereocenters. The van der Waals surface area contributed by atoms with Crippen molar-refractivity contribution in [3.8, 4) is 0 Å². The number of aromatic carboxylic acids is 1. The SMILES string of the molecule is CC(C)c1ccnc(N2CCN(Cc3ccc(CCc4ccccc4)cc3)CC2)c1C(=O)O. The van der Waals surface area contributed by atoms with Crippen LogP contribution >= 0.6 is 0 Å². The second-order valence-electron chi connectivity index (χ2n) is 9.12. The number of carboxylic acids is 1. The number of piperazine rings is 1. The standard InChI is InChI=1S/C28H33N3O2/c1-21(2)25-14-15-29-27(26(25)28(32)33)31-18-16-30(17-19-31)20-24-12-10-23(11-13-24)9-8-22-6-4-3-5-7-22/h3-7,10-15,21H,8-9,16-20H2,1-2H3,(H,32,33). The molecule has 1 N–H and O–H groups in total. The van der Waals surface area contributed by atoms with Crippen molar-refractivity contribution in [2.24, 2.45) is 0 Å². The van der Waals surface area contributed by atoms with E-state index in [1.165, 1.54) is 16.7 Å². The van der Waals surface area contributed by atoms with E-state index in [4.69, 9.17) is 0 Å². The van der Waals surface area contributed by atoms with E-state index in [1.54, 1.807) is 6.20 Å². The van der Waals surface area contributed by atoms with Gasteiger partial charge in [-0.25, -0.2) is 9.78 Å². The predicted octanol–water partition coefficient (Wildman–Crippen LogP) is 5.01. The van der Waals surface area contributed by atoms with Crippen molar-refractivity contribution >= 4 is 11.8 Å². The summed E-state index contributed by atoms with van der Waals surface area (Å²) in [5, 5.41) is 9.82. The lowest BCUT2D eigenvalue weighted by molar-refractivity contribution is 0.0695. The van der Waals surface area contributed by atoms with Crippen molar-refractivity contribution in [2.45, 2.75) is 39.2 Å². The van der Waals surface area contributed by atoms with Gasteiger partial charge in [0, 0.05) is 38.9 Å². The summed E-state index contributed by atoms with van der Waals surface area (Å²) in [6.07, 6.45) is 3.85. The molecule has 3 aromatic rings. The highest BCUT2D eigenvalue weighted by molar-refractivity contribution is 5.95. The van der Waals surface area contributed by atoms with Crippen LogP contribution in [-0.2, 0) is 19.4 Å². The number of carboxylic acid groups (broad SMARTS) is 1. The number of hydrogen-bond donors (Lipinski definition) is 1. The third kappa shape index (κ3) is 5.79. The maximum Gasteiger partial charge on any atom is 0.339 e. The molecule has 0 unspecified atom stereocenters. The number of hydrogen-bond acceptors (Lipinski definition) is 4. The number of carbonyl (C=O) groups is 1. The minimum atomic E-state index is -0.892. The van der Waals surface area contributed by atoms with Crippen LogP contribution in [0.3, 0.4) is 0 Å². The summed E-state index contributed by atoms with van der Waals surface area (Å²) in [5.74, 6) is -0.137. The van der Waals surface area contributed by atoms with Gasteiger partial charge in [-0.3, -0.25) is 4.90 Å². The molecule has 1 fully saturated rings. The Balaban J connectivity index is 1.33. The minimum absolute atomic E-state index is 0.148. The Kier molecular flexibility index (Phi) is 7.40. The van der Waals surface area contributed by atoms with Gasteiger partial charge in [-0.15, -0.1) is 0 Å². The summed E-state index contributed by atoms with van der Waals surface area (Å²) in [5.41, 5.74) is 5.26. The first-order valence-electron chi connectivity index (χ1n) is 11.8. The first-order valence-corrected chi connectivity index (χ1v) is 11.8. The van der Waals surface area contributed by atoms with Crippen LogP contribution in [0.2, 0.25) is 0 Å². The molecule has 1 aliphatic rings. The Morgan fingerprint density at radius 2 is 1.48 bits per heavy atom. The van der Waals surface area contributed by atoms with E-state index in [1.807, 2.05) is 19.9 Å². The van der Waals surface area contributed by atoms with Crippen LogP contribution in [-0.4, -0.2) is 47.1 Å². The molecule has 0 radical (unpaired) electrons. The highest BCUT2D eigenvalue weighted by atomic mass is 16.4. The number of aryl methyl sites for hydroxylation is 2. The van der Waals surface area contributed by atoms with E-state index in [0.717, 1.165) is 51.1 Å². The van der Waals surface area contributed by atoms with Crippen LogP contribution in [0.15, 0.2) is 66.9 Å². The van der Waals surface area contributed by atoms with Crippen molar-refractivity contribution in [3.05, 3.63) is 94.7 Å². The predicted molar refractivity (Wildman–Crippen MR) is 133 cm³/mol. The van der Waals surface area contributed by atoms with E-state index < -0.39 is 5.97 Å². The van der Waals surface area contributed by atoms with Crippen LogP contribution in [0.25, 0.3) is 0 Å². The van der Waals surface area contributed by atoms with Crippen molar-refractivity contribution in [1.29, 1.82) is 0 Å². The Labute approximate surface area is 196 Å². The average Bonchev–Trinajstić information content (AvgIpc) is 2.84. The first kappa shape index (κ1) is 23.0. The minimum Gasteiger partial charge on any atom is -0.478 e. The van der Waals surface area contributed by atoms with E-state index in [9.17, 15) is 9.90 Å². The number of anilines is 1. The van der Waals surface area contributed by atoms with Gasteiger partial charge in [0.15, 0.2) is 0 Å². The Morgan fingerprint density at radius 1 is 0.879 bits per heavy atom. The number of nitrogens with zero attached hydrogens (tertiary/aromatic N) is 3. The molecule has 2 aromatic carbocycles. The van der Waals surface area contributed by atoms with Gasteiger partial charge in [-0.05, 0) is 47.1 Å². The van der Waals surface area contributed by atoms with Gasteiger partial charge in [0.2, 0.25) is 0 Å². The zero-order chi connectivity index (χ0) is 23.2. The van der Waals surface area contributed by atoms with Gasteiger partial charge in [0.05, 0.1) is 0 Å². The maximum atomic E-state index is 12.0. The van der Waals surface area contributed by atoms with Crippen LogP contribution in [0.4, 0.5) is 5.82 Å². The van der Waals surface area contributed by atoms with Crippen molar-refractivity contribution < 1.29 is 9.90 Å². The molecule has 172 valence electrons. The first-order chi connectivity index (χ1) is 16.0. The van der Waals surface area contributed by atoms with E-state index in [-0.39, 0.29) is 5.92 Å². The van der Waals surface area contributed by atoms with Gasteiger partial charge in [0.1, 0.15) is 11.4 Å². The normalized spacial score (nSPS) is 14.6. The lowest BCUT2D eigenvalue weighted by Crippen LogP contribution is -2.46. The number of benzene rings is 2. The van der Waals surface area contributed by atoms with Gasteiger partial charge >= 0.3 is 5.97 Å². The Hall–Kier alpha value is -3.18. The smallest absolute Gasteiger partial charge is 0.339 e. The summed E-state index contributed by atoms with van der Waals surface area (Å²) in [7, 11) is 0. The zero-order valence-corrected chi connectivity index (χ0v) is 19.6. The van der Waals surface area contributed by atoms with Crippen molar-refractivity contribution in [2.75, 3.05) is 31.1 Å². The summed E-state index contributed by atoms with van der Waals surface area (Å²) >= 11 is 0. The van der Waals surface area contributed by atoms with Gasteiger partial charge in [-0.2, -0.15) is 0 Å². The fraction of sp³-hybridized carbons (Fsp3) is 0.357. The number of pyridine rings is 1. The molecule has 33 heavy (non-hydrogen) atoms. The lowest BCUT2D eigenvalue weighted by Gasteiger charge is -2.36. The number of rotatable bonds is 8. The molecule has 1 saturated heterocycles. The summed E-state index contributed by atoms with van der Waals surface area (Å²) in [6, 6.07) is 21.4. The molecule has 1 aliphatic heterocycles. The summed E-state index contributed by atoms with van der Waals surface area (Å²) in [4.78, 5) is 21.0. The maximum absolute atomic E-state index is 12.0. The largest absolute Gasteiger partial charge is 0.478 e. The monoisotopic (exact) mass is 443 g/mol. The van der Waals surface area contributed by atoms with Gasteiger partial charge in [-0.1, -0.05) is 68.4 Å². The molecule has 0 bridgehead atoms. The lowest BCUT2D eigenvalue weighted by atomic mass is 9.98. The molecule has 0 amide bonds. The van der Waals surface area contributed by atoms with E-state index >= 15 is 0 Å². The van der Waals surface area contributed by atoms with Crippen molar-refractivity contribution in [3.63, 3.8) is 0 Å². The molecular formula is C28H33N3O2. The molecule has 1 aromatic heterocycles. The summed E-state index contributed by atoms with van der Waals surface area (Å²) < 4.78 is 0. The van der Waals surface area contributed by atoms with Gasteiger partial charge in [0.25, 0.3) is 0 Å². The molecule has 0 saturated carbocycles. The van der Waals surface area contributed by atoms with Crippen LogP contribution < -0.4 is 4.90 Å². The third-order valence-corrected chi connectivity index (χ3v) is 6.45.